The minimum atomic E-state index is -0.252. The van der Waals surface area contributed by atoms with Gasteiger partial charge in [0.15, 0.2) is 0 Å². The predicted molar refractivity (Wildman–Crippen MR) is 134 cm³/mol. The maximum Gasteiger partial charge on any atom is 0.126 e. The molecule has 0 fully saturated rings. The zero-order chi connectivity index (χ0) is 21.6. The Morgan fingerprint density at radius 2 is 1.77 bits per heavy atom. The second-order valence-electron chi connectivity index (χ2n) is 7.91. The number of rotatable bonds is 7. The number of allylic oxidation sites excluding steroid dienone is 4. The molecule has 3 aromatic carbocycles. The number of aromatic hydroxyl groups is 1. The molecule has 1 nitrogen and oxygen atoms in total. The molecule has 0 radical (unpaired) electrons. The van der Waals surface area contributed by atoms with Crippen molar-refractivity contribution in [3.63, 3.8) is 0 Å². The van der Waals surface area contributed by atoms with Crippen LogP contribution in [-0.4, -0.2) is 5.11 Å². The van der Waals surface area contributed by atoms with E-state index in [-0.39, 0.29) is 14.4 Å². The Hall–Kier alpha value is -2.35. The van der Waals surface area contributed by atoms with Crippen molar-refractivity contribution in [2.45, 2.75) is 25.0 Å². The van der Waals surface area contributed by atoms with Crippen LogP contribution in [-0.2, 0) is 18.6 Å². The van der Waals surface area contributed by atoms with E-state index in [4.69, 9.17) is 0 Å². The fourth-order valence-electron chi connectivity index (χ4n) is 3.97. The van der Waals surface area contributed by atoms with Crippen LogP contribution in [0.15, 0.2) is 85.0 Å². The fraction of sp³-hybridized carbons (Fsp3) is 0.185. The number of phenolic OH excluding ortho intramolecular Hbond substituents is 1. The van der Waals surface area contributed by atoms with Gasteiger partial charge in [0.1, 0.15) is 11.6 Å². The van der Waals surface area contributed by atoms with Crippen LogP contribution in [0.1, 0.15) is 28.7 Å². The molecular formula is C27H26FOPS. The lowest BCUT2D eigenvalue weighted by molar-refractivity contribution is 0.473. The lowest BCUT2D eigenvalue weighted by Gasteiger charge is -2.18. The average molecular weight is 449 g/mol. The van der Waals surface area contributed by atoms with E-state index in [9.17, 15) is 9.50 Å². The standard InChI is InChI=1S/C27H26FOPS/c28-24-11-12-25(23(17-24)18-31)30-26-16-21(13-19-7-3-1-4-8-19)15-22(27(26)29)14-20-9-5-2-6-10-20/h1-7,9-12,15-17,19,29-31H,8,13-14,18H2. The molecule has 0 saturated carbocycles. The van der Waals surface area contributed by atoms with Crippen molar-refractivity contribution in [2.75, 3.05) is 0 Å². The molecule has 0 heterocycles. The summed E-state index contributed by atoms with van der Waals surface area (Å²) in [7, 11) is 0.246. The zero-order valence-electron chi connectivity index (χ0n) is 17.3. The summed E-state index contributed by atoms with van der Waals surface area (Å²) in [5.41, 5.74) is 4.21. The van der Waals surface area contributed by atoms with Gasteiger partial charge < -0.3 is 5.11 Å². The van der Waals surface area contributed by atoms with E-state index in [0.717, 1.165) is 34.6 Å². The lowest BCUT2D eigenvalue weighted by atomic mass is 9.91. The molecule has 31 heavy (non-hydrogen) atoms. The van der Waals surface area contributed by atoms with Crippen molar-refractivity contribution >= 4 is 31.8 Å². The topological polar surface area (TPSA) is 20.2 Å². The van der Waals surface area contributed by atoms with Crippen molar-refractivity contribution < 1.29 is 9.50 Å². The van der Waals surface area contributed by atoms with Gasteiger partial charge in [-0.15, -0.1) is 0 Å². The summed E-state index contributed by atoms with van der Waals surface area (Å²) in [5.74, 6) is 1.03. The van der Waals surface area contributed by atoms with Crippen LogP contribution in [0.3, 0.4) is 0 Å². The Kier molecular flexibility index (Phi) is 7.27. The van der Waals surface area contributed by atoms with E-state index in [2.05, 4.69) is 61.2 Å². The Morgan fingerprint density at radius 3 is 2.52 bits per heavy atom. The number of phenols is 1. The SMILES string of the molecule is Oc1c(Cc2ccccc2)cc(CC2C=CC=CC2)cc1Pc1ccc(F)cc1CS. The molecule has 1 aliphatic rings. The Morgan fingerprint density at radius 1 is 0.935 bits per heavy atom. The number of hydrogen-bond acceptors (Lipinski definition) is 2. The third kappa shape index (κ3) is 5.67. The quantitative estimate of drug-likeness (QED) is 0.343. The number of hydrogen-bond donors (Lipinski definition) is 2. The van der Waals surface area contributed by atoms with Crippen LogP contribution >= 0.6 is 21.2 Å². The molecule has 2 unspecified atom stereocenters. The highest BCUT2D eigenvalue weighted by Gasteiger charge is 2.15. The molecule has 3 aromatic rings. The maximum absolute atomic E-state index is 13.7. The van der Waals surface area contributed by atoms with Crippen LogP contribution in [0.5, 0.6) is 5.75 Å². The maximum atomic E-state index is 13.7. The van der Waals surface area contributed by atoms with Gasteiger partial charge in [0, 0.05) is 17.5 Å². The van der Waals surface area contributed by atoms with Gasteiger partial charge in [0.25, 0.3) is 0 Å². The summed E-state index contributed by atoms with van der Waals surface area (Å²) in [4.78, 5) is 0. The summed E-state index contributed by atoms with van der Waals surface area (Å²) < 4.78 is 13.7. The van der Waals surface area contributed by atoms with E-state index in [1.165, 1.54) is 17.2 Å². The lowest BCUT2D eigenvalue weighted by Crippen LogP contribution is -2.12. The summed E-state index contributed by atoms with van der Waals surface area (Å²) in [6.45, 7) is 0. The number of thiol groups is 1. The van der Waals surface area contributed by atoms with Gasteiger partial charge in [-0.1, -0.05) is 75.3 Å². The molecule has 158 valence electrons. The second kappa shape index (κ2) is 10.3. The Balaban J connectivity index is 1.70. The monoisotopic (exact) mass is 448 g/mol. The molecule has 0 aromatic heterocycles. The molecule has 4 rings (SSSR count). The van der Waals surface area contributed by atoms with Crippen molar-refractivity contribution in [1.82, 2.24) is 0 Å². The molecule has 0 spiro atoms. The molecule has 1 aliphatic carbocycles. The van der Waals surface area contributed by atoms with Crippen molar-refractivity contribution in [3.8, 4) is 5.75 Å². The third-order valence-corrected chi connectivity index (χ3v) is 7.31. The second-order valence-corrected chi connectivity index (χ2v) is 9.55. The van der Waals surface area contributed by atoms with Gasteiger partial charge in [-0.05, 0) is 64.5 Å². The molecule has 0 amide bonds. The fourth-order valence-corrected chi connectivity index (χ4v) is 5.70. The van der Waals surface area contributed by atoms with Gasteiger partial charge in [0.2, 0.25) is 0 Å². The normalized spacial score (nSPS) is 15.7. The smallest absolute Gasteiger partial charge is 0.126 e. The Labute approximate surface area is 190 Å². The molecule has 0 aliphatic heterocycles. The molecule has 1 N–H and O–H groups in total. The van der Waals surface area contributed by atoms with Crippen molar-refractivity contribution in [3.05, 3.63) is 113 Å². The van der Waals surface area contributed by atoms with Gasteiger partial charge in [-0.3, -0.25) is 0 Å². The Bertz CT molecular complexity index is 1110. The van der Waals surface area contributed by atoms with Crippen LogP contribution in [0.4, 0.5) is 4.39 Å². The number of benzene rings is 3. The first kappa shape index (κ1) is 21.9. The van der Waals surface area contributed by atoms with Gasteiger partial charge in [0.05, 0.1) is 0 Å². The van der Waals surface area contributed by atoms with Crippen LogP contribution in [0.25, 0.3) is 0 Å². The molecule has 4 heteroatoms. The first-order valence-electron chi connectivity index (χ1n) is 10.5. The minimum Gasteiger partial charge on any atom is -0.507 e. The van der Waals surface area contributed by atoms with Crippen LogP contribution in [0.2, 0.25) is 0 Å². The zero-order valence-corrected chi connectivity index (χ0v) is 19.2. The van der Waals surface area contributed by atoms with E-state index >= 15 is 0 Å². The van der Waals surface area contributed by atoms with Gasteiger partial charge in [-0.2, -0.15) is 12.6 Å². The van der Waals surface area contributed by atoms with E-state index in [1.54, 1.807) is 6.07 Å². The van der Waals surface area contributed by atoms with Crippen molar-refractivity contribution in [1.29, 1.82) is 0 Å². The minimum absolute atomic E-state index is 0.246. The predicted octanol–water partition coefficient (Wildman–Crippen LogP) is 5.86. The van der Waals surface area contributed by atoms with Gasteiger partial charge >= 0.3 is 0 Å². The van der Waals surface area contributed by atoms with Crippen LogP contribution in [0, 0.1) is 11.7 Å². The highest BCUT2D eigenvalue weighted by Crippen LogP contribution is 2.29. The molecule has 2 atom stereocenters. The van der Waals surface area contributed by atoms with E-state index < -0.39 is 0 Å². The third-order valence-electron chi connectivity index (χ3n) is 5.56. The summed E-state index contributed by atoms with van der Waals surface area (Å²) in [6.07, 6.45) is 11.3. The molecule has 0 bridgehead atoms. The summed E-state index contributed by atoms with van der Waals surface area (Å²) >= 11 is 4.38. The van der Waals surface area contributed by atoms with E-state index in [1.807, 2.05) is 24.3 Å². The average Bonchev–Trinajstić information content (AvgIpc) is 2.79. The molecular weight excluding hydrogens is 422 g/mol. The largest absolute Gasteiger partial charge is 0.507 e. The highest BCUT2D eigenvalue weighted by atomic mass is 32.1. The van der Waals surface area contributed by atoms with Gasteiger partial charge in [-0.25, -0.2) is 4.39 Å². The van der Waals surface area contributed by atoms with Crippen LogP contribution < -0.4 is 10.6 Å². The summed E-state index contributed by atoms with van der Waals surface area (Å²) in [5, 5.41) is 13.1. The van der Waals surface area contributed by atoms with Crippen molar-refractivity contribution in [2.24, 2.45) is 5.92 Å². The number of halogens is 1. The first-order chi connectivity index (χ1) is 15.1. The summed E-state index contributed by atoms with van der Waals surface area (Å²) in [6, 6.07) is 19.3. The highest BCUT2D eigenvalue weighted by molar-refractivity contribution is 7.79. The first-order valence-corrected chi connectivity index (χ1v) is 12.1. The molecule has 0 saturated heterocycles. The van der Waals surface area contributed by atoms with E-state index in [0.29, 0.717) is 23.8 Å².